The van der Waals surface area contributed by atoms with Crippen LogP contribution in [0, 0.1) is 0 Å². The average Bonchev–Trinajstić information content (AvgIpc) is 2.63. The van der Waals surface area contributed by atoms with Gasteiger partial charge in [0.05, 0.1) is 19.8 Å². The van der Waals surface area contributed by atoms with E-state index in [4.69, 9.17) is 9.47 Å². The molecule has 3 rings (SSSR count). The number of ether oxygens (including phenoxy) is 2. The predicted octanol–water partition coefficient (Wildman–Crippen LogP) is 3.28. The van der Waals surface area contributed by atoms with Crippen molar-refractivity contribution in [1.29, 1.82) is 0 Å². The molecule has 1 heterocycles. The third-order valence-corrected chi connectivity index (χ3v) is 5.61. The molecule has 25 heavy (non-hydrogen) atoms. The van der Waals surface area contributed by atoms with Gasteiger partial charge < -0.3 is 24.8 Å². The first-order chi connectivity index (χ1) is 12.1. The maximum atomic E-state index is 10.8. The van der Waals surface area contributed by atoms with Crippen LogP contribution in [-0.2, 0) is 0 Å². The summed E-state index contributed by atoms with van der Waals surface area (Å²) in [6.45, 7) is 2.93. The molecular weight excluding hydrogens is 316 g/mol. The predicted molar refractivity (Wildman–Crippen MR) is 101 cm³/mol. The second-order valence-corrected chi connectivity index (χ2v) is 7.58. The Balaban J connectivity index is 1.51. The third-order valence-electron chi connectivity index (χ3n) is 5.61. The molecule has 0 amide bonds. The molecule has 1 aromatic rings. The molecule has 5 heteroatoms. The molecule has 1 aliphatic carbocycles. The number of hydrogen-bond acceptors (Lipinski definition) is 5. The second-order valence-electron chi connectivity index (χ2n) is 7.58. The van der Waals surface area contributed by atoms with Crippen molar-refractivity contribution in [3.63, 3.8) is 0 Å². The molecule has 2 aliphatic rings. The van der Waals surface area contributed by atoms with Crippen LogP contribution in [0.1, 0.15) is 44.9 Å². The number of nitrogens with one attached hydrogen (secondary N) is 1. The molecule has 1 saturated heterocycles. The van der Waals surface area contributed by atoms with Crippen molar-refractivity contribution >= 4 is 5.69 Å². The molecule has 0 bridgehead atoms. The SMILES string of the molecule is COc1cc(NC2CCN(CC3(O)CCCCC3)CC2)cc(OC)c1. The summed E-state index contributed by atoms with van der Waals surface area (Å²) < 4.78 is 10.7. The van der Waals surface area contributed by atoms with Crippen LogP contribution >= 0.6 is 0 Å². The Labute approximate surface area is 151 Å². The first-order valence-electron chi connectivity index (χ1n) is 9.54. The number of nitrogens with zero attached hydrogens (tertiary/aromatic N) is 1. The van der Waals surface area contributed by atoms with Gasteiger partial charge in [-0.1, -0.05) is 19.3 Å². The summed E-state index contributed by atoms with van der Waals surface area (Å²) in [5.41, 5.74) is 0.596. The summed E-state index contributed by atoms with van der Waals surface area (Å²) in [5, 5.41) is 14.4. The van der Waals surface area contributed by atoms with Gasteiger partial charge in [0.2, 0.25) is 0 Å². The van der Waals surface area contributed by atoms with Crippen LogP contribution in [-0.4, -0.2) is 55.5 Å². The summed E-state index contributed by atoms with van der Waals surface area (Å²) in [6, 6.07) is 6.37. The molecule has 1 saturated carbocycles. The minimum Gasteiger partial charge on any atom is -0.497 e. The fraction of sp³-hybridized carbons (Fsp3) is 0.700. The van der Waals surface area contributed by atoms with E-state index in [1.54, 1.807) is 14.2 Å². The van der Waals surface area contributed by atoms with Crippen molar-refractivity contribution in [2.75, 3.05) is 39.2 Å². The highest BCUT2D eigenvalue weighted by molar-refractivity contribution is 5.54. The third kappa shape index (κ3) is 5.02. The molecule has 0 atom stereocenters. The average molecular weight is 348 g/mol. The smallest absolute Gasteiger partial charge is 0.124 e. The molecule has 140 valence electrons. The lowest BCUT2D eigenvalue weighted by Crippen LogP contribution is -2.48. The zero-order valence-corrected chi connectivity index (χ0v) is 15.6. The van der Waals surface area contributed by atoms with Gasteiger partial charge in [-0.25, -0.2) is 0 Å². The van der Waals surface area contributed by atoms with Crippen molar-refractivity contribution in [1.82, 2.24) is 4.90 Å². The Bertz CT molecular complexity index is 528. The lowest BCUT2D eigenvalue weighted by molar-refractivity contribution is -0.0302. The van der Waals surface area contributed by atoms with Gasteiger partial charge in [0.15, 0.2) is 0 Å². The van der Waals surface area contributed by atoms with E-state index in [1.165, 1.54) is 19.3 Å². The van der Waals surface area contributed by atoms with Crippen LogP contribution < -0.4 is 14.8 Å². The van der Waals surface area contributed by atoms with Crippen LogP contribution in [0.4, 0.5) is 5.69 Å². The maximum Gasteiger partial charge on any atom is 0.124 e. The number of aliphatic hydroxyl groups is 1. The van der Waals surface area contributed by atoms with E-state index in [0.29, 0.717) is 6.04 Å². The van der Waals surface area contributed by atoms with E-state index in [9.17, 15) is 5.11 Å². The second kappa shape index (κ2) is 8.28. The van der Waals surface area contributed by atoms with E-state index in [1.807, 2.05) is 18.2 Å². The van der Waals surface area contributed by atoms with E-state index in [2.05, 4.69) is 10.2 Å². The minimum atomic E-state index is -0.446. The molecule has 1 aromatic carbocycles. The molecule has 1 aliphatic heterocycles. The largest absolute Gasteiger partial charge is 0.497 e. The van der Waals surface area contributed by atoms with Gasteiger partial charge in [-0.05, 0) is 25.7 Å². The molecule has 0 aromatic heterocycles. The number of piperidine rings is 1. The maximum absolute atomic E-state index is 10.8. The van der Waals surface area contributed by atoms with Gasteiger partial charge in [0.25, 0.3) is 0 Å². The summed E-state index contributed by atoms with van der Waals surface area (Å²) >= 11 is 0. The summed E-state index contributed by atoms with van der Waals surface area (Å²) in [4.78, 5) is 2.44. The van der Waals surface area contributed by atoms with Crippen LogP contribution in [0.25, 0.3) is 0 Å². The highest BCUT2D eigenvalue weighted by Crippen LogP contribution is 2.31. The van der Waals surface area contributed by atoms with Gasteiger partial charge in [-0.15, -0.1) is 0 Å². The Morgan fingerprint density at radius 2 is 1.64 bits per heavy atom. The van der Waals surface area contributed by atoms with Gasteiger partial charge in [-0.3, -0.25) is 0 Å². The number of β-amino-alcohol motifs (C(OH)–C–C–N with tert-alkyl or cyclic N) is 1. The van der Waals surface area contributed by atoms with Crippen molar-refractivity contribution in [2.24, 2.45) is 0 Å². The first-order valence-corrected chi connectivity index (χ1v) is 9.54. The lowest BCUT2D eigenvalue weighted by atomic mass is 9.84. The fourth-order valence-corrected chi connectivity index (χ4v) is 4.15. The number of anilines is 1. The Hall–Kier alpha value is -1.46. The number of benzene rings is 1. The van der Waals surface area contributed by atoms with E-state index < -0.39 is 5.60 Å². The van der Waals surface area contributed by atoms with E-state index >= 15 is 0 Å². The van der Waals surface area contributed by atoms with Crippen LogP contribution in [0.15, 0.2) is 18.2 Å². The van der Waals surface area contributed by atoms with Crippen molar-refractivity contribution in [3.05, 3.63) is 18.2 Å². The zero-order chi connectivity index (χ0) is 17.7. The fourth-order valence-electron chi connectivity index (χ4n) is 4.15. The number of methoxy groups -OCH3 is 2. The Morgan fingerprint density at radius 1 is 1.04 bits per heavy atom. The zero-order valence-electron chi connectivity index (χ0n) is 15.6. The summed E-state index contributed by atoms with van der Waals surface area (Å²) in [5.74, 6) is 1.61. The monoisotopic (exact) mass is 348 g/mol. The van der Waals surface area contributed by atoms with Crippen molar-refractivity contribution < 1.29 is 14.6 Å². The van der Waals surface area contributed by atoms with Gasteiger partial charge in [0, 0.05) is 49.6 Å². The molecule has 5 nitrogen and oxygen atoms in total. The number of hydrogen-bond donors (Lipinski definition) is 2. The molecule has 0 radical (unpaired) electrons. The van der Waals surface area contributed by atoms with Gasteiger partial charge >= 0.3 is 0 Å². The van der Waals surface area contributed by atoms with Crippen molar-refractivity contribution in [2.45, 2.75) is 56.6 Å². The Kier molecular flexibility index (Phi) is 6.07. The first kappa shape index (κ1) is 18.3. The van der Waals surface area contributed by atoms with Crippen LogP contribution in [0.3, 0.4) is 0 Å². The quantitative estimate of drug-likeness (QED) is 0.826. The Morgan fingerprint density at radius 3 is 2.20 bits per heavy atom. The normalized spacial score (nSPS) is 21.7. The molecule has 0 spiro atoms. The van der Waals surface area contributed by atoms with Crippen LogP contribution in [0.2, 0.25) is 0 Å². The van der Waals surface area contributed by atoms with Gasteiger partial charge in [0.1, 0.15) is 11.5 Å². The topological polar surface area (TPSA) is 54.0 Å². The molecule has 2 fully saturated rings. The lowest BCUT2D eigenvalue weighted by Gasteiger charge is -2.40. The number of rotatable bonds is 6. The summed E-state index contributed by atoms with van der Waals surface area (Å²) in [7, 11) is 3.35. The number of likely N-dealkylation sites (tertiary alicyclic amines) is 1. The standard InChI is InChI=1S/C20H32N2O3/c1-24-18-12-17(13-19(14-18)25-2)21-16-6-10-22(11-7-16)15-20(23)8-4-3-5-9-20/h12-14,16,21,23H,3-11,15H2,1-2H3. The summed E-state index contributed by atoms with van der Waals surface area (Å²) in [6.07, 6.45) is 7.74. The molecule has 0 unspecified atom stereocenters. The molecular formula is C20H32N2O3. The van der Waals surface area contributed by atoms with Gasteiger partial charge in [-0.2, -0.15) is 0 Å². The van der Waals surface area contributed by atoms with Crippen LogP contribution in [0.5, 0.6) is 11.5 Å². The highest BCUT2D eigenvalue weighted by atomic mass is 16.5. The van der Waals surface area contributed by atoms with Crippen molar-refractivity contribution in [3.8, 4) is 11.5 Å². The highest BCUT2D eigenvalue weighted by Gasteiger charge is 2.32. The molecule has 2 N–H and O–H groups in total. The van der Waals surface area contributed by atoms with E-state index in [-0.39, 0.29) is 0 Å². The van der Waals surface area contributed by atoms with E-state index in [0.717, 1.165) is 62.5 Å². The minimum absolute atomic E-state index is 0.446.